The van der Waals surface area contributed by atoms with Crippen LogP contribution in [0.15, 0.2) is 0 Å². The molecule has 0 unspecified atom stereocenters. The molecule has 0 radical (unpaired) electrons. The molecule has 11 heteroatoms. The number of halogens is 6. The van der Waals surface area contributed by atoms with Crippen molar-refractivity contribution in [2.24, 2.45) is 0 Å². The summed E-state index contributed by atoms with van der Waals surface area (Å²) in [5, 5.41) is 18.4. The molecule has 17 heavy (non-hydrogen) atoms. The summed E-state index contributed by atoms with van der Waals surface area (Å²) in [6, 6.07) is 0. The Morgan fingerprint density at radius 1 is 0.765 bits per heavy atom. The van der Waals surface area contributed by atoms with Crippen LogP contribution in [-0.4, -0.2) is 24.3 Å². The van der Waals surface area contributed by atoms with Crippen molar-refractivity contribution in [3.8, 4) is 0 Å². The zero-order valence-electron chi connectivity index (χ0n) is 7.63. The van der Waals surface area contributed by atoms with Gasteiger partial charge in [-0.2, -0.15) is 26.3 Å². The summed E-state index contributed by atoms with van der Waals surface area (Å²) in [5.41, 5.74) is 0. The van der Waals surface area contributed by atoms with Crippen molar-refractivity contribution in [1.29, 1.82) is 0 Å². The predicted octanol–water partition coefficient (Wildman–Crippen LogP) is -0.625. The molecule has 104 valence electrons. The first-order chi connectivity index (χ1) is 6.83. The molecule has 0 rings (SSSR count). The topological polar surface area (TPSA) is 80.3 Å². The van der Waals surface area contributed by atoms with E-state index >= 15 is 0 Å². The molecule has 0 aromatic carbocycles. The van der Waals surface area contributed by atoms with Crippen LogP contribution in [0.1, 0.15) is 12.8 Å². The summed E-state index contributed by atoms with van der Waals surface area (Å²) in [7, 11) is 0. The molecule has 0 fully saturated rings. The molecule has 0 atom stereocenters. The third-order valence-electron chi connectivity index (χ3n) is 0.690. The standard InChI is InChI=1S/2C3H3F3O2.Pd/c2*4-3(5,6)1-2(7)8;/h2*1H2,(H,7,8);/q;;+2/p-2. The number of hydrogen-bond donors (Lipinski definition) is 0. The van der Waals surface area contributed by atoms with E-state index in [0.717, 1.165) is 0 Å². The largest absolute Gasteiger partial charge is 2.00 e. The van der Waals surface area contributed by atoms with Crippen LogP contribution in [0.3, 0.4) is 0 Å². The Morgan fingerprint density at radius 2 is 0.941 bits per heavy atom. The first-order valence-corrected chi connectivity index (χ1v) is 3.36. The molecule has 4 nitrogen and oxygen atoms in total. The molecule has 0 bridgehead atoms. The number of carboxylic acids is 2. The minimum absolute atomic E-state index is 0. The second-order valence-corrected chi connectivity index (χ2v) is 2.33. The Hall–Kier alpha value is -0.818. The summed E-state index contributed by atoms with van der Waals surface area (Å²) in [6.45, 7) is 0. The van der Waals surface area contributed by atoms with Gasteiger partial charge in [-0.25, -0.2) is 0 Å². The van der Waals surface area contributed by atoms with Crippen molar-refractivity contribution in [3.63, 3.8) is 0 Å². The fourth-order valence-electron chi connectivity index (χ4n) is 0.327. The number of hydrogen-bond acceptors (Lipinski definition) is 4. The predicted molar refractivity (Wildman–Crippen MR) is 31.4 cm³/mol. The van der Waals surface area contributed by atoms with Crippen LogP contribution in [0.4, 0.5) is 26.3 Å². The van der Waals surface area contributed by atoms with Crippen LogP contribution in [-0.2, 0) is 30.0 Å². The van der Waals surface area contributed by atoms with Gasteiger partial charge in [0.2, 0.25) is 0 Å². The SMILES string of the molecule is O=C([O-])CC(F)(F)F.O=C([O-])CC(F)(F)F.[Pd+2]. The molecular weight excluding hydrogens is 356 g/mol. The second-order valence-electron chi connectivity index (χ2n) is 2.33. The van der Waals surface area contributed by atoms with Gasteiger partial charge in [0.1, 0.15) is 0 Å². The molecule has 0 aliphatic rings. The average Bonchev–Trinajstić information content (AvgIpc) is 1.72. The summed E-state index contributed by atoms with van der Waals surface area (Å²) in [6.07, 6.45) is -13.0. The maximum atomic E-state index is 10.9. The van der Waals surface area contributed by atoms with Gasteiger partial charge in [-0.3, -0.25) is 0 Å². The molecule has 0 spiro atoms. The molecule has 0 N–H and O–H groups in total. The van der Waals surface area contributed by atoms with E-state index in [-0.39, 0.29) is 20.4 Å². The number of carbonyl (C=O) groups excluding carboxylic acids is 2. The second kappa shape index (κ2) is 8.30. The van der Waals surface area contributed by atoms with E-state index in [9.17, 15) is 46.1 Å². The number of carboxylic acid groups (broad SMARTS) is 2. The number of aliphatic carboxylic acids is 2. The van der Waals surface area contributed by atoms with Gasteiger partial charge in [0.05, 0.1) is 24.8 Å². The van der Waals surface area contributed by atoms with Gasteiger partial charge in [-0.05, 0) is 0 Å². The first-order valence-electron chi connectivity index (χ1n) is 3.36. The van der Waals surface area contributed by atoms with Crippen molar-refractivity contribution in [2.75, 3.05) is 0 Å². The van der Waals surface area contributed by atoms with Crippen molar-refractivity contribution in [2.45, 2.75) is 25.2 Å². The van der Waals surface area contributed by atoms with Gasteiger partial charge in [-0.15, -0.1) is 0 Å². The van der Waals surface area contributed by atoms with Crippen molar-refractivity contribution in [3.05, 3.63) is 0 Å². The summed E-state index contributed by atoms with van der Waals surface area (Å²) < 4.78 is 65.3. The van der Waals surface area contributed by atoms with Gasteiger partial charge in [0, 0.05) is 0 Å². The number of alkyl halides is 6. The van der Waals surface area contributed by atoms with Crippen LogP contribution in [0.2, 0.25) is 0 Å². The molecular formula is C6H4F6O4Pd. The third-order valence-corrected chi connectivity index (χ3v) is 0.690. The normalized spacial score (nSPS) is 10.7. The maximum Gasteiger partial charge on any atom is 2.00 e. The Morgan fingerprint density at radius 3 is 0.941 bits per heavy atom. The van der Waals surface area contributed by atoms with Crippen LogP contribution in [0.5, 0.6) is 0 Å². The van der Waals surface area contributed by atoms with Crippen LogP contribution in [0, 0.1) is 0 Å². The molecule has 0 aliphatic carbocycles. The minimum atomic E-state index is -4.64. The summed E-state index contributed by atoms with van der Waals surface area (Å²) >= 11 is 0. The van der Waals surface area contributed by atoms with E-state index in [1.807, 2.05) is 0 Å². The van der Waals surface area contributed by atoms with Gasteiger partial charge in [0.15, 0.2) is 0 Å². The van der Waals surface area contributed by atoms with Gasteiger partial charge < -0.3 is 19.8 Å². The van der Waals surface area contributed by atoms with Crippen LogP contribution >= 0.6 is 0 Å². The van der Waals surface area contributed by atoms with Gasteiger partial charge in [0.25, 0.3) is 0 Å². The summed E-state index contributed by atoms with van der Waals surface area (Å²) in [4.78, 5) is 18.4. The molecule has 0 saturated carbocycles. The summed E-state index contributed by atoms with van der Waals surface area (Å²) in [5.74, 6) is -4.20. The van der Waals surface area contributed by atoms with Crippen LogP contribution in [0.25, 0.3) is 0 Å². The van der Waals surface area contributed by atoms with E-state index in [2.05, 4.69) is 0 Å². The van der Waals surface area contributed by atoms with E-state index in [0.29, 0.717) is 0 Å². The van der Waals surface area contributed by atoms with Crippen LogP contribution < -0.4 is 10.2 Å². The zero-order chi connectivity index (χ0) is 13.6. The van der Waals surface area contributed by atoms with E-state index in [1.165, 1.54) is 0 Å². The molecule has 0 aliphatic heterocycles. The smallest absolute Gasteiger partial charge is 0.550 e. The van der Waals surface area contributed by atoms with E-state index in [4.69, 9.17) is 0 Å². The zero-order valence-corrected chi connectivity index (χ0v) is 9.19. The van der Waals surface area contributed by atoms with E-state index in [1.54, 1.807) is 0 Å². The van der Waals surface area contributed by atoms with Crippen molar-refractivity contribution in [1.82, 2.24) is 0 Å². The maximum absolute atomic E-state index is 10.9. The average molecular weight is 361 g/mol. The Balaban J connectivity index is -0.000000218. The fraction of sp³-hybridized carbons (Fsp3) is 0.667. The van der Waals surface area contributed by atoms with Crippen molar-refractivity contribution >= 4 is 11.9 Å². The third kappa shape index (κ3) is 31.3. The number of carbonyl (C=O) groups is 2. The Bertz CT molecular complexity index is 222. The molecule has 0 aromatic rings. The molecule has 0 saturated heterocycles. The quantitative estimate of drug-likeness (QED) is 0.485. The Labute approximate surface area is 104 Å². The molecule has 0 heterocycles. The molecule has 0 aromatic heterocycles. The van der Waals surface area contributed by atoms with Crippen molar-refractivity contribution < 1.29 is 66.6 Å². The first kappa shape index (κ1) is 21.5. The fourth-order valence-corrected chi connectivity index (χ4v) is 0.327. The minimum Gasteiger partial charge on any atom is -0.550 e. The molecule has 0 amide bonds. The van der Waals surface area contributed by atoms with Gasteiger partial charge >= 0.3 is 32.8 Å². The van der Waals surface area contributed by atoms with E-state index < -0.39 is 37.1 Å². The Kier molecular flexibility index (Phi) is 10.5. The number of rotatable bonds is 2. The van der Waals surface area contributed by atoms with Gasteiger partial charge in [-0.1, -0.05) is 0 Å². The monoisotopic (exact) mass is 360 g/mol.